The minimum Gasteiger partial charge on any atom is -0.512 e. The van der Waals surface area contributed by atoms with Gasteiger partial charge in [0.1, 0.15) is 0 Å². The highest BCUT2D eigenvalue weighted by Crippen LogP contribution is 2.21. The Morgan fingerprint density at radius 1 is 1.26 bits per heavy atom. The van der Waals surface area contributed by atoms with Gasteiger partial charge in [-0.2, -0.15) is 0 Å². The van der Waals surface area contributed by atoms with Crippen LogP contribution in [0.15, 0.2) is 47.3 Å². The Morgan fingerprint density at radius 2 is 1.79 bits per heavy atom. The van der Waals surface area contributed by atoms with Crippen molar-refractivity contribution in [2.24, 2.45) is 0 Å². The van der Waals surface area contributed by atoms with Crippen LogP contribution in [0.5, 0.6) is 0 Å². The molecule has 0 aliphatic heterocycles. The predicted octanol–water partition coefficient (Wildman–Crippen LogP) is 6.50. The molecule has 1 rings (SSSR count). The van der Waals surface area contributed by atoms with Crippen molar-refractivity contribution in [1.82, 2.24) is 0 Å². The Labute approximate surface area is 120 Å². The molecule has 0 atom stereocenters. The van der Waals surface area contributed by atoms with Gasteiger partial charge in [-0.05, 0) is 37.5 Å². The van der Waals surface area contributed by atoms with E-state index in [0.717, 1.165) is 24.0 Å². The van der Waals surface area contributed by atoms with Crippen molar-refractivity contribution in [2.45, 2.75) is 67.2 Å². The predicted molar refractivity (Wildman–Crippen MR) is 88.5 cm³/mol. The third kappa shape index (κ3) is 11.6. The Kier molecular flexibility index (Phi) is 14.0. The molecule has 0 aromatic heterocycles. The average molecular weight is 264 g/mol. The highest BCUT2D eigenvalue weighted by molar-refractivity contribution is 5.47. The number of hydrogen-bond acceptors (Lipinski definition) is 1. The summed E-state index contributed by atoms with van der Waals surface area (Å²) in [7, 11) is 0. The Hall–Kier alpha value is -1.24. The molecule has 0 aromatic rings. The van der Waals surface area contributed by atoms with Gasteiger partial charge in [-0.15, -0.1) is 0 Å². The lowest BCUT2D eigenvalue weighted by Crippen LogP contribution is -1.93. The van der Waals surface area contributed by atoms with E-state index in [9.17, 15) is 5.11 Å². The van der Waals surface area contributed by atoms with E-state index in [1.165, 1.54) is 18.4 Å². The fraction of sp³-hybridized carbons (Fsp3) is 0.556. The highest BCUT2D eigenvalue weighted by atomic mass is 16.3. The van der Waals surface area contributed by atoms with Crippen molar-refractivity contribution in [3.05, 3.63) is 47.3 Å². The second-order valence-electron chi connectivity index (χ2n) is 4.58. The molecule has 0 heterocycles. The summed E-state index contributed by atoms with van der Waals surface area (Å²) in [4.78, 5) is 0. The molecular weight excluding hydrogens is 232 g/mol. The monoisotopic (exact) mass is 264 g/mol. The molecule has 0 saturated carbocycles. The van der Waals surface area contributed by atoms with Gasteiger partial charge in [0.2, 0.25) is 0 Å². The van der Waals surface area contributed by atoms with Crippen molar-refractivity contribution in [3.8, 4) is 0 Å². The van der Waals surface area contributed by atoms with Gasteiger partial charge in [0.15, 0.2) is 0 Å². The maximum absolute atomic E-state index is 9.32. The quantitative estimate of drug-likeness (QED) is 0.576. The maximum atomic E-state index is 9.32. The van der Waals surface area contributed by atoms with Crippen LogP contribution in [0.25, 0.3) is 0 Å². The van der Waals surface area contributed by atoms with Crippen LogP contribution in [-0.4, -0.2) is 5.11 Å². The van der Waals surface area contributed by atoms with Gasteiger partial charge >= 0.3 is 0 Å². The van der Waals surface area contributed by atoms with Crippen LogP contribution in [-0.2, 0) is 0 Å². The zero-order valence-corrected chi connectivity index (χ0v) is 13.7. The molecule has 0 radical (unpaired) electrons. The molecule has 1 heteroatoms. The molecule has 1 N–H and O–H groups in total. The first-order valence-corrected chi connectivity index (χ1v) is 7.45. The second-order valence-corrected chi connectivity index (χ2v) is 4.58. The number of aliphatic hydroxyl groups is 1. The molecule has 1 nitrogen and oxygen atoms in total. The summed E-state index contributed by atoms with van der Waals surface area (Å²) in [5, 5.41) is 9.32. The number of aliphatic hydroxyl groups excluding tert-OH is 1. The molecule has 0 saturated heterocycles. The summed E-state index contributed by atoms with van der Waals surface area (Å²) < 4.78 is 0. The number of rotatable bonds is 3. The van der Waals surface area contributed by atoms with Crippen molar-refractivity contribution >= 4 is 0 Å². The van der Waals surface area contributed by atoms with E-state index in [2.05, 4.69) is 26.5 Å². The van der Waals surface area contributed by atoms with Gasteiger partial charge in [0, 0.05) is 6.42 Å². The zero-order valence-electron chi connectivity index (χ0n) is 13.7. The van der Waals surface area contributed by atoms with E-state index in [1.54, 1.807) is 6.08 Å². The first-order chi connectivity index (χ1) is 9.01. The van der Waals surface area contributed by atoms with Crippen LogP contribution < -0.4 is 0 Å². The number of unbranched alkanes of at least 4 members (excludes halogenated alkanes) is 1. The summed E-state index contributed by atoms with van der Waals surface area (Å²) in [5.74, 6) is 0.459. The highest BCUT2D eigenvalue weighted by Gasteiger charge is 2.04. The van der Waals surface area contributed by atoms with Crippen LogP contribution in [0, 0.1) is 0 Å². The lowest BCUT2D eigenvalue weighted by molar-refractivity contribution is 0.387. The molecule has 0 unspecified atom stereocenters. The lowest BCUT2D eigenvalue weighted by atomic mass is 9.98. The van der Waals surface area contributed by atoms with Crippen LogP contribution in [0.4, 0.5) is 0 Å². The topological polar surface area (TPSA) is 20.2 Å². The van der Waals surface area contributed by atoms with Gasteiger partial charge in [-0.3, -0.25) is 0 Å². The van der Waals surface area contributed by atoms with Crippen molar-refractivity contribution < 1.29 is 5.11 Å². The Bertz CT molecular complexity index is 324. The third-order valence-electron chi connectivity index (χ3n) is 2.42. The SMILES string of the molecule is C=C(C=C(C)C)C1=CCCC(O)=C1.CC.CCCC. The van der Waals surface area contributed by atoms with E-state index in [4.69, 9.17) is 0 Å². The molecule has 0 fully saturated rings. The van der Waals surface area contributed by atoms with Crippen LogP contribution in [0.3, 0.4) is 0 Å². The fourth-order valence-corrected chi connectivity index (χ4v) is 1.34. The van der Waals surface area contributed by atoms with Crippen molar-refractivity contribution in [1.29, 1.82) is 0 Å². The standard InChI is InChI=1S/C12H16O.C4H10.C2H6/c1-9(2)7-10(3)11-5-4-6-12(13)8-11;1-3-4-2;1-2/h5,7-8,13H,3-4,6H2,1-2H3;3-4H2,1-2H3;1-2H3. The van der Waals surface area contributed by atoms with Gasteiger partial charge in [0.25, 0.3) is 0 Å². The molecular formula is C18H32O. The van der Waals surface area contributed by atoms with Crippen LogP contribution in [0.2, 0.25) is 0 Å². The molecule has 0 bridgehead atoms. The summed E-state index contributed by atoms with van der Waals surface area (Å²) in [5.41, 5.74) is 3.25. The first-order valence-electron chi connectivity index (χ1n) is 7.45. The minimum absolute atomic E-state index is 0.459. The van der Waals surface area contributed by atoms with Crippen LogP contribution in [0.1, 0.15) is 67.2 Å². The summed E-state index contributed by atoms with van der Waals surface area (Å²) in [6, 6.07) is 0. The normalized spacial score (nSPS) is 12.7. The third-order valence-corrected chi connectivity index (χ3v) is 2.42. The Morgan fingerprint density at radius 3 is 2.16 bits per heavy atom. The average Bonchev–Trinajstić information content (AvgIpc) is 2.40. The lowest BCUT2D eigenvalue weighted by Gasteiger charge is -2.09. The summed E-state index contributed by atoms with van der Waals surface area (Å²) in [6.07, 6.45) is 10.2. The molecule has 110 valence electrons. The maximum Gasteiger partial charge on any atom is 0.0931 e. The van der Waals surface area contributed by atoms with Gasteiger partial charge < -0.3 is 5.11 Å². The molecule has 0 spiro atoms. The molecule has 1 aliphatic rings. The minimum atomic E-state index is 0.459. The Balaban J connectivity index is 0. The van der Waals surface area contributed by atoms with E-state index < -0.39 is 0 Å². The number of hydrogen-bond donors (Lipinski definition) is 1. The largest absolute Gasteiger partial charge is 0.512 e. The second kappa shape index (κ2) is 13.2. The van der Waals surface area contributed by atoms with Crippen molar-refractivity contribution in [3.63, 3.8) is 0 Å². The van der Waals surface area contributed by atoms with E-state index >= 15 is 0 Å². The van der Waals surface area contributed by atoms with Crippen LogP contribution >= 0.6 is 0 Å². The summed E-state index contributed by atoms with van der Waals surface area (Å²) >= 11 is 0. The number of allylic oxidation sites excluding steroid dienone is 7. The van der Waals surface area contributed by atoms with E-state index in [1.807, 2.05) is 33.8 Å². The summed E-state index contributed by atoms with van der Waals surface area (Å²) in [6.45, 7) is 16.4. The fourth-order valence-electron chi connectivity index (χ4n) is 1.34. The first kappa shape index (κ1) is 20.1. The van der Waals surface area contributed by atoms with Crippen molar-refractivity contribution in [2.75, 3.05) is 0 Å². The molecule has 0 aromatic carbocycles. The van der Waals surface area contributed by atoms with E-state index in [0.29, 0.717) is 5.76 Å². The molecule has 19 heavy (non-hydrogen) atoms. The smallest absolute Gasteiger partial charge is 0.0931 e. The zero-order chi connectivity index (χ0) is 15.3. The van der Waals surface area contributed by atoms with Gasteiger partial charge in [-0.25, -0.2) is 0 Å². The molecule has 1 aliphatic carbocycles. The van der Waals surface area contributed by atoms with Gasteiger partial charge in [0.05, 0.1) is 5.76 Å². The van der Waals surface area contributed by atoms with E-state index in [-0.39, 0.29) is 0 Å². The molecule has 0 amide bonds. The van der Waals surface area contributed by atoms with Gasteiger partial charge in [-0.1, -0.05) is 64.8 Å².